The van der Waals surface area contributed by atoms with Gasteiger partial charge in [-0.05, 0) is 24.3 Å². The number of hydrogen-bond donors (Lipinski definition) is 0. The van der Waals surface area contributed by atoms with E-state index in [9.17, 15) is 0 Å². The van der Waals surface area contributed by atoms with Crippen LogP contribution in [0.3, 0.4) is 0 Å². The normalized spacial score (nSPS) is 10.9. The zero-order valence-electron chi connectivity index (χ0n) is 8.52. The van der Waals surface area contributed by atoms with Crippen LogP contribution >= 0.6 is 23.2 Å². The van der Waals surface area contributed by atoms with Crippen LogP contribution in [0.4, 0.5) is 0 Å². The number of furan rings is 1. The van der Waals surface area contributed by atoms with Crippen LogP contribution in [0.5, 0.6) is 0 Å². The lowest BCUT2D eigenvalue weighted by molar-refractivity contribution is 0.628. The van der Waals surface area contributed by atoms with Gasteiger partial charge in [0.05, 0.1) is 0 Å². The van der Waals surface area contributed by atoms with Crippen LogP contribution in [0.1, 0.15) is 0 Å². The highest BCUT2D eigenvalue weighted by Gasteiger charge is 2.11. The minimum atomic E-state index is 0.317. The molecule has 0 radical (unpaired) electrons. The van der Waals surface area contributed by atoms with E-state index in [1.165, 1.54) is 6.20 Å². The van der Waals surface area contributed by atoms with Crippen molar-refractivity contribution in [3.63, 3.8) is 0 Å². The molecule has 0 fully saturated rings. The number of nitrogens with zero attached hydrogens (tertiary/aromatic N) is 2. The summed E-state index contributed by atoms with van der Waals surface area (Å²) in [6.45, 7) is 0. The Morgan fingerprint density at radius 2 is 1.82 bits per heavy atom. The number of benzene rings is 1. The van der Waals surface area contributed by atoms with Crippen molar-refractivity contribution in [2.24, 2.45) is 0 Å². The summed E-state index contributed by atoms with van der Waals surface area (Å²) in [5.41, 5.74) is 1.27. The van der Waals surface area contributed by atoms with Gasteiger partial charge in [-0.15, -0.1) is 0 Å². The molecule has 0 saturated carbocycles. The van der Waals surface area contributed by atoms with Crippen LogP contribution < -0.4 is 0 Å². The van der Waals surface area contributed by atoms with E-state index in [1.807, 2.05) is 18.2 Å². The second kappa shape index (κ2) is 4.02. The predicted octanol–water partition coefficient (Wildman–Crippen LogP) is 4.20. The molecule has 0 aliphatic rings. The van der Waals surface area contributed by atoms with Gasteiger partial charge in [0.25, 0.3) is 0 Å². The summed E-state index contributed by atoms with van der Waals surface area (Å²) < 4.78 is 5.64. The quantitative estimate of drug-likeness (QED) is 0.662. The van der Waals surface area contributed by atoms with E-state index in [-0.39, 0.29) is 0 Å². The fraction of sp³-hybridized carbons (Fsp3) is 0. The van der Waals surface area contributed by atoms with Crippen molar-refractivity contribution in [2.75, 3.05) is 0 Å². The first-order valence-electron chi connectivity index (χ1n) is 4.90. The monoisotopic (exact) mass is 264 g/mol. The molecule has 3 aromatic rings. The van der Waals surface area contributed by atoms with E-state index < -0.39 is 0 Å². The molecule has 0 aliphatic heterocycles. The summed E-state index contributed by atoms with van der Waals surface area (Å²) in [5.74, 6) is 0.584. The zero-order chi connectivity index (χ0) is 11.8. The van der Waals surface area contributed by atoms with Crippen LogP contribution in [0.25, 0.3) is 22.4 Å². The molecule has 2 heterocycles. The van der Waals surface area contributed by atoms with Crippen molar-refractivity contribution < 1.29 is 4.42 Å². The second-order valence-corrected chi connectivity index (χ2v) is 4.28. The average molecular weight is 265 g/mol. The van der Waals surface area contributed by atoms with Crippen molar-refractivity contribution in [3.8, 4) is 11.5 Å². The predicted molar refractivity (Wildman–Crippen MR) is 67.3 cm³/mol. The molecule has 1 aromatic carbocycles. The Morgan fingerprint density at radius 3 is 2.65 bits per heavy atom. The molecule has 0 unspecified atom stereocenters. The number of rotatable bonds is 1. The van der Waals surface area contributed by atoms with Crippen molar-refractivity contribution in [3.05, 3.63) is 46.8 Å². The van der Waals surface area contributed by atoms with E-state index >= 15 is 0 Å². The number of aromatic nitrogens is 2. The second-order valence-electron chi connectivity index (χ2n) is 3.49. The third-order valence-electron chi connectivity index (χ3n) is 2.37. The SMILES string of the molecule is Clc1ccc2oc(-c3nccnc3Cl)cc2c1. The summed E-state index contributed by atoms with van der Waals surface area (Å²) in [5, 5.41) is 1.89. The first kappa shape index (κ1) is 10.6. The average Bonchev–Trinajstić information content (AvgIpc) is 2.72. The molecule has 2 aromatic heterocycles. The summed E-state index contributed by atoms with van der Waals surface area (Å²) >= 11 is 11.9. The number of fused-ring (bicyclic) bond motifs is 1. The van der Waals surface area contributed by atoms with Gasteiger partial charge in [-0.1, -0.05) is 23.2 Å². The highest BCUT2D eigenvalue weighted by atomic mass is 35.5. The van der Waals surface area contributed by atoms with Crippen LogP contribution in [0, 0.1) is 0 Å². The molecule has 0 amide bonds. The standard InChI is InChI=1S/C12H6Cl2N2O/c13-8-1-2-9-7(5-8)6-10(17-9)11-12(14)16-4-3-15-11/h1-6H. The van der Waals surface area contributed by atoms with E-state index in [4.69, 9.17) is 27.6 Å². The van der Waals surface area contributed by atoms with Gasteiger partial charge in [-0.25, -0.2) is 9.97 Å². The Balaban J connectivity index is 2.22. The molecule has 3 rings (SSSR count). The molecule has 0 N–H and O–H groups in total. The molecule has 0 bridgehead atoms. The molecular weight excluding hydrogens is 259 g/mol. The van der Waals surface area contributed by atoms with Gasteiger partial charge >= 0.3 is 0 Å². The van der Waals surface area contributed by atoms with E-state index in [0.29, 0.717) is 21.6 Å². The number of hydrogen-bond acceptors (Lipinski definition) is 3. The Labute approximate surface area is 107 Å². The van der Waals surface area contributed by atoms with Gasteiger partial charge in [0, 0.05) is 22.8 Å². The lowest BCUT2D eigenvalue weighted by Gasteiger charge is -1.96. The minimum Gasteiger partial charge on any atom is -0.454 e. The highest BCUT2D eigenvalue weighted by molar-refractivity contribution is 6.32. The summed E-state index contributed by atoms with van der Waals surface area (Å²) in [7, 11) is 0. The summed E-state index contributed by atoms with van der Waals surface area (Å²) in [6, 6.07) is 7.26. The highest BCUT2D eigenvalue weighted by Crippen LogP contribution is 2.30. The fourth-order valence-electron chi connectivity index (χ4n) is 1.62. The van der Waals surface area contributed by atoms with Crippen LogP contribution in [0.2, 0.25) is 10.2 Å². The maximum Gasteiger partial charge on any atom is 0.158 e. The topological polar surface area (TPSA) is 38.9 Å². The molecule has 3 nitrogen and oxygen atoms in total. The summed E-state index contributed by atoms with van der Waals surface area (Å²) in [4.78, 5) is 8.11. The van der Waals surface area contributed by atoms with Gasteiger partial charge in [0.15, 0.2) is 10.9 Å². The van der Waals surface area contributed by atoms with E-state index in [0.717, 1.165) is 11.0 Å². The van der Waals surface area contributed by atoms with Crippen LogP contribution in [0.15, 0.2) is 41.1 Å². The summed E-state index contributed by atoms with van der Waals surface area (Å²) in [6.07, 6.45) is 3.10. The van der Waals surface area contributed by atoms with E-state index in [1.54, 1.807) is 12.3 Å². The van der Waals surface area contributed by atoms with Crippen LogP contribution in [-0.2, 0) is 0 Å². The van der Waals surface area contributed by atoms with Gasteiger partial charge < -0.3 is 4.42 Å². The lowest BCUT2D eigenvalue weighted by atomic mass is 10.2. The molecule has 0 spiro atoms. The maximum absolute atomic E-state index is 5.96. The van der Waals surface area contributed by atoms with Crippen molar-refractivity contribution >= 4 is 34.2 Å². The molecule has 0 aliphatic carbocycles. The molecule has 17 heavy (non-hydrogen) atoms. The van der Waals surface area contributed by atoms with Crippen molar-refractivity contribution in [2.45, 2.75) is 0 Å². The van der Waals surface area contributed by atoms with Gasteiger partial charge in [0.2, 0.25) is 0 Å². The minimum absolute atomic E-state index is 0.317. The smallest absolute Gasteiger partial charge is 0.158 e. The zero-order valence-corrected chi connectivity index (χ0v) is 10.0. The third-order valence-corrected chi connectivity index (χ3v) is 2.88. The fourth-order valence-corrected chi connectivity index (χ4v) is 2.00. The molecule has 0 atom stereocenters. The molecule has 5 heteroatoms. The van der Waals surface area contributed by atoms with Crippen molar-refractivity contribution in [1.82, 2.24) is 9.97 Å². The van der Waals surface area contributed by atoms with Crippen LogP contribution in [-0.4, -0.2) is 9.97 Å². The van der Waals surface area contributed by atoms with Gasteiger partial charge in [-0.2, -0.15) is 0 Å². The lowest BCUT2D eigenvalue weighted by Crippen LogP contribution is -1.84. The Kier molecular flexibility index (Phi) is 2.50. The number of halogens is 2. The Hall–Kier alpha value is -1.58. The van der Waals surface area contributed by atoms with Crippen molar-refractivity contribution in [1.29, 1.82) is 0 Å². The van der Waals surface area contributed by atoms with Gasteiger partial charge in [-0.3, -0.25) is 0 Å². The first-order chi connectivity index (χ1) is 8.24. The molecule has 0 saturated heterocycles. The largest absolute Gasteiger partial charge is 0.454 e. The maximum atomic E-state index is 5.96. The Morgan fingerprint density at radius 1 is 1.00 bits per heavy atom. The molecular formula is C12H6Cl2N2O. The van der Waals surface area contributed by atoms with E-state index in [2.05, 4.69) is 9.97 Å². The van der Waals surface area contributed by atoms with Gasteiger partial charge in [0.1, 0.15) is 11.3 Å². The third kappa shape index (κ3) is 1.88. The Bertz CT molecular complexity index is 694. The first-order valence-corrected chi connectivity index (χ1v) is 5.65. The molecule has 84 valence electrons.